The molecule has 128 valence electrons. The number of H-pyrrole nitrogens is 1. The highest BCUT2D eigenvalue weighted by atomic mass is 35.5. The number of amides is 2. The van der Waals surface area contributed by atoms with Crippen LogP contribution in [0.1, 0.15) is 15.9 Å². The Hall–Kier alpha value is -2.44. The zero-order valence-electron chi connectivity index (χ0n) is 13.4. The molecule has 2 aromatic carbocycles. The SMILES string of the molecule is CSc1ccc(Cl)c(C(=O)NNC(=O)Cc2c[nH]c3ccccc23)c1. The van der Waals surface area contributed by atoms with Crippen molar-refractivity contribution in [3.63, 3.8) is 0 Å². The van der Waals surface area contributed by atoms with Gasteiger partial charge in [0.1, 0.15) is 0 Å². The molecule has 0 unspecified atom stereocenters. The first-order chi connectivity index (χ1) is 12.1. The minimum atomic E-state index is -0.451. The van der Waals surface area contributed by atoms with Crippen molar-refractivity contribution < 1.29 is 9.59 Å². The maximum atomic E-state index is 12.2. The van der Waals surface area contributed by atoms with Gasteiger partial charge in [-0.25, -0.2) is 0 Å². The molecule has 0 aliphatic carbocycles. The van der Waals surface area contributed by atoms with Crippen LogP contribution in [0.25, 0.3) is 10.9 Å². The van der Waals surface area contributed by atoms with Crippen molar-refractivity contribution >= 4 is 46.1 Å². The van der Waals surface area contributed by atoms with Gasteiger partial charge in [-0.1, -0.05) is 29.8 Å². The molecular formula is C18H16ClN3O2S. The molecule has 7 heteroatoms. The molecular weight excluding hydrogens is 358 g/mol. The van der Waals surface area contributed by atoms with Gasteiger partial charge in [-0.3, -0.25) is 20.4 Å². The first-order valence-electron chi connectivity index (χ1n) is 7.56. The van der Waals surface area contributed by atoms with Crippen molar-refractivity contribution in [1.82, 2.24) is 15.8 Å². The number of hydrazine groups is 1. The molecule has 1 heterocycles. The quantitative estimate of drug-likeness (QED) is 0.483. The molecule has 3 aromatic rings. The number of benzene rings is 2. The molecule has 0 saturated carbocycles. The molecule has 25 heavy (non-hydrogen) atoms. The highest BCUT2D eigenvalue weighted by Crippen LogP contribution is 2.23. The van der Waals surface area contributed by atoms with Crippen LogP contribution in [-0.2, 0) is 11.2 Å². The molecule has 3 rings (SSSR count). The van der Waals surface area contributed by atoms with E-state index in [1.54, 1.807) is 18.3 Å². The summed E-state index contributed by atoms with van der Waals surface area (Å²) in [7, 11) is 0. The van der Waals surface area contributed by atoms with Crippen LogP contribution >= 0.6 is 23.4 Å². The number of nitrogens with one attached hydrogen (secondary N) is 3. The van der Waals surface area contributed by atoms with E-state index in [9.17, 15) is 9.59 Å². The number of thioether (sulfide) groups is 1. The lowest BCUT2D eigenvalue weighted by molar-refractivity contribution is -0.121. The van der Waals surface area contributed by atoms with Crippen molar-refractivity contribution in [2.75, 3.05) is 6.26 Å². The van der Waals surface area contributed by atoms with E-state index in [1.807, 2.05) is 36.6 Å². The van der Waals surface area contributed by atoms with Crippen LogP contribution in [0.2, 0.25) is 5.02 Å². The van der Waals surface area contributed by atoms with Crippen molar-refractivity contribution in [3.05, 3.63) is 64.8 Å². The summed E-state index contributed by atoms with van der Waals surface area (Å²) in [5, 5.41) is 1.32. The third-order valence-corrected chi connectivity index (χ3v) is 4.81. The van der Waals surface area contributed by atoms with E-state index in [2.05, 4.69) is 15.8 Å². The van der Waals surface area contributed by atoms with Gasteiger partial charge in [0.25, 0.3) is 5.91 Å². The van der Waals surface area contributed by atoms with Crippen LogP contribution in [0.3, 0.4) is 0 Å². The van der Waals surface area contributed by atoms with Crippen LogP contribution in [0, 0.1) is 0 Å². The molecule has 3 N–H and O–H groups in total. The highest BCUT2D eigenvalue weighted by Gasteiger charge is 2.13. The molecule has 0 atom stereocenters. The molecule has 0 aliphatic rings. The van der Waals surface area contributed by atoms with E-state index in [-0.39, 0.29) is 12.3 Å². The lowest BCUT2D eigenvalue weighted by Gasteiger charge is -2.09. The molecule has 0 radical (unpaired) electrons. The normalized spacial score (nSPS) is 10.6. The Morgan fingerprint density at radius 3 is 2.76 bits per heavy atom. The zero-order chi connectivity index (χ0) is 17.8. The molecule has 0 spiro atoms. The van der Waals surface area contributed by atoms with Gasteiger partial charge in [0, 0.05) is 22.0 Å². The number of hydrogen-bond acceptors (Lipinski definition) is 3. The van der Waals surface area contributed by atoms with Crippen LogP contribution in [0.15, 0.2) is 53.6 Å². The van der Waals surface area contributed by atoms with Gasteiger partial charge in [0.05, 0.1) is 17.0 Å². The fourth-order valence-corrected chi connectivity index (χ4v) is 3.14. The average Bonchev–Trinajstić information content (AvgIpc) is 3.03. The lowest BCUT2D eigenvalue weighted by atomic mass is 10.1. The van der Waals surface area contributed by atoms with E-state index in [0.29, 0.717) is 10.6 Å². The summed E-state index contributed by atoms with van der Waals surface area (Å²) in [4.78, 5) is 28.4. The topological polar surface area (TPSA) is 74.0 Å². The number of halogens is 1. The standard InChI is InChI=1S/C18H16ClN3O2S/c1-25-12-6-7-15(19)14(9-12)18(24)22-21-17(23)8-11-10-20-16-5-3-2-4-13(11)16/h2-7,9-10,20H,8H2,1H3,(H,21,23)(H,22,24). The Morgan fingerprint density at radius 1 is 1.16 bits per heavy atom. The van der Waals surface area contributed by atoms with Gasteiger partial charge in [-0.05, 0) is 36.1 Å². The Bertz CT molecular complexity index is 939. The number of para-hydroxylation sites is 1. The predicted molar refractivity (Wildman–Crippen MR) is 101 cm³/mol. The molecule has 2 amide bonds. The molecule has 5 nitrogen and oxygen atoms in total. The molecule has 0 saturated heterocycles. The Kier molecular flexibility index (Phi) is 5.31. The van der Waals surface area contributed by atoms with E-state index in [0.717, 1.165) is 21.4 Å². The largest absolute Gasteiger partial charge is 0.361 e. The average molecular weight is 374 g/mol. The van der Waals surface area contributed by atoms with Crippen LogP contribution in [0.5, 0.6) is 0 Å². The number of fused-ring (bicyclic) bond motifs is 1. The van der Waals surface area contributed by atoms with E-state index < -0.39 is 5.91 Å². The fourth-order valence-electron chi connectivity index (χ4n) is 2.49. The zero-order valence-corrected chi connectivity index (χ0v) is 15.0. The highest BCUT2D eigenvalue weighted by molar-refractivity contribution is 7.98. The number of aromatic nitrogens is 1. The van der Waals surface area contributed by atoms with Crippen LogP contribution in [-0.4, -0.2) is 23.1 Å². The molecule has 1 aromatic heterocycles. The van der Waals surface area contributed by atoms with Crippen molar-refractivity contribution in [1.29, 1.82) is 0 Å². The summed E-state index contributed by atoms with van der Waals surface area (Å²) in [6.45, 7) is 0. The third-order valence-electron chi connectivity index (χ3n) is 3.76. The lowest BCUT2D eigenvalue weighted by Crippen LogP contribution is -2.42. The van der Waals surface area contributed by atoms with Gasteiger partial charge in [-0.2, -0.15) is 0 Å². The maximum absolute atomic E-state index is 12.2. The number of rotatable bonds is 4. The Labute approximate surface area is 154 Å². The first-order valence-corrected chi connectivity index (χ1v) is 9.16. The Morgan fingerprint density at radius 2 is 1.96 bits per heavy atom. The summed E-state index contributed by atoms with van der Waals surface area (Å²) in [6.07, 6.45) is 3.86. The van der Waals surface area contributed by atoms with Crippen LogP contribution in [0.4, 0.5) is 0 Å². The molecule has 0 aliphatic heterocycles. The monoisotopic (exact) mass is 373 g/mol. The van der Waals surface area contributed by atoms with E-state index >= 15 is 0 Å². The number of hydrogen-bond donors (Lipinski definition) is 3. The minimum absolute atomic E-state index is 0.156. The van der Waals surface area contributed by atoms with Crippen LogP contribution < -0.4 is 10.9 Å². The van der Waals surface area contributed by atoms with E-state index in [1.165, 1.54) is 11.8 Å². The third kappa shape index (κ3) is 3.97. The second-order valence-corrected chi connectivity index (χ2v) is 6.67. The van der Waals surface area contributed by atoms with Gasteiger partial charge in [-0.15, -0.1) is 11.8 Å². The molecule has 0 fully saturated rings. The second kappa shape index (κ2) is 7.63. The van der Waals surface area contributed by atoms with Gasteiger partial charge < -0.3 is 4.98 Å². The summed E-state index contributed by atoms with van der Waals surface area (Å²) in [5.41, 5.74) is 6.99. The van der Waals surface area contributed by atoms with Crippen molar-refractivity contribution in [3.8, 4) is 0 Å². The van der Waals surface area contributed by atoms with E-state index in [4.69, 9.17) is 11.6 Å². The first kappa shape index (κ1) is 17.4. The van der Waals surface area contributed by atoms with Gasteiger partial charge in [0.15, 0.2) is 0 Å². The van der Waals surface area contributed by atoms with Crippen molar-refractivity contribution in [2.45, 2.75) is 11.3 Å². The summed E-state index contributed by atoms with van der Waals surface area (Å²) in [5.74, 6) is -0.761. The summed E-state index contributed by atoms with van der Waals surface area (Å²) in [6, 6.07) is 12.9. The second-order valence-electron chi connectivity index (χ2n) is 5.38. The van der Waals surface area contributed by atoms with Gasteiger partial charge in [0.2, 0.25) is 5.91 Å². The summed E-state index contributed by atoms with van der Waals surface area (Å²) < 4.78 is 0. The fraction of sp³-hybridized carbons (Fsp3) is 0.111. The smallest absolute Gasteiger partial charge is 0.271 e. The van der Waals surface area contributed by atoms with Crippen molar-refractivity contribution in [2.24, 2.45) is 0 Å². The number of carbonyl (C=O) groups is 2. The number of carbonyl (C=O) groups excluding carboxylic acids is 2. The maximum Gasteiger partial charge on any atom is 0.271 e. The molecule has 0 bridgehead atoms. The Balaban J connectivity index is 1.63. The number of aromatic amines is 1. The summed E-state index contributed by atoms with van der Waals surface area (Å²) >= 11 is 7.56. The van der Waals surface area contributed by atoms with Gasteiger partial charge >= 0.3 is 0 Å². The minimum Gasteiger partial charge on any atom is -0.361 e. The predicted octanol–water partition coefficient (Wildman–Crippen LogP) is 3.55.